The van der Waals surface area contributed by atoms with E-state index in [9.17, 15) is 17.2 Å². The van der Waals surface area contributed by atoms with E-state index < -0.39 is 20.5 Å². The number of anilines is 1. The molecule has 118 valence electrons. The summed E-state index contributed by atoms with van der Waals surface area (Å²) in [6.45, 7) is 4.15. The van der Waals surface area contributed by atoms with Crippen molar-refractivity contribution in [1.82, 2.24) is 10.2 Å². The minimum Gasteiger partial charge on any atom is -0.357 e. The van der Waals surface area contributed by atoms with Gasteiger partial charge in [0, 0.05) is 11.4 Å². The second-order valence-electron chi connectivity index (χ2n) is 3.92. The van der Waals surface area contributed by atoms with Crippen molar-refractivity contribution in [3.63, 3.8) is 0 Å². The molecule has 0 saturated heterocycles. The van der Waals surface area contributed by atoms with Crippen molar-refractivity contribution in [1.29, 1.82) is 0 Å². The zero-order chi connectivity index (χ0) is 16.2. The molecule has 2 aromatic rings. The summed E-state index contributed by atoms with van der Waals surface area (Å²) >= 11 is 2.59. The van der Waals surface area contributed by atoms with E-state index >= 15 is 0 Å². The van der Waals surface area contributed by atoms with E-state index in [-0.39, 0.29) is 0 Å². The number of aromatic nitrogens is 2. The van der Waals surface area contributed by atoms with Gasteiger partial charge in [-0.05, 0) is 24.3 Å². The molecule has 0 radical (unpaired) electrons. The molecule has 1 aromatic heterocycles. The number of hydrogen-bond acceptors (Lipinski definition) is 7. The summed E-state index contributed by atoms with van der Waals surface area (Å²) in [5, 5.41) is 11.5. The highest BCUT2D eigenvalue weighted by Crippen LogP contribution is 2.32. The summed E-state index contributed by atoms with van der Waals surface area (Å²) in [6, 6.07) is 5.22. The molecule has 22 heavy (non-hydrogen) atoms. The first-order chi connectivity index (χ1) is 10.4. The van der Waals surface area contributed by atoms with Crippen LogP contribution in [0.1, 0.15) is 0 Å². The Balaban J connectivity index is 2.08. The maximum absolute atomic E-state index is 12.4. The van der Waals surface area contributed by atoms with Gasteiger partial charge in [0.25, 0.3) is 0 Å². The van der Waals surface area contributed by atoms with Crippen LogP contribution in [0.15, 0.2) is 51.1 Å². The van der Waals surface area contributed by atoms with E-state index in [1.807, 2.05) is 0 Å². The molecule has 10 heteroatoms. The Bertz CT molecular complexity index is 745. The van der Waals surface area contributed by atoms with E-state index in [4.69, 9.17) is 0 Å². The van der Waals surface area contributed by atoms with Gasteiger partial charge in [0.1, 0.15) is 0 Å². The lowest BCUT2D eigenvalue weighted by atomic mass is 10.4. The Morgan fingerprint density at radius 2 is 2.00 bits per heavy atom. The monoisotopic (exact) mass is 363 g/mol. The highest BCUT2D eigenvalue weighted by atomic mass is 32.2. The molecule has 0 amide bonds. The molecule has 2 rings (SSSR count). The van der Waals surface area contributed by atoms with E-state index in [1.165, 1.54) is 35.2 Å². The van der Waals surface area contributed by atoms with Crippen molar-refractivity contribution in [2.75, 3.05) is 11.9 Å². The minimum atomic E-state index is -4.56. The van der Waals surface area contributed by atoms with Crippen LogP contribution in [0.2, 0.25) is 0 Å². The van der Waals surface area contributed by atoms with Gasteiger partial charge in [-0.25, -0.2) is 8.42 Å². The third-order valence-corrected chi connectivity index (χ3v) is 5.73. The van der Waals surface area contributed by atoms with Gasteiger partial charge in [0.05, 0.1) is 4.90 Å². The second kappa shape index (κ2) is 7.16. The zero-order valence-corrected chi connectivity index (χ0v) is 13.5. The predicted octanol–water partition coefficient (Wildman–Crippen LogP) is 3.28. The average molecular weight is 363 g/mol. The van der Waals surface area contributed by atoms with Crippen molar-refractivity contribution in [2.24, 2.45) is 0 Å². The van der Waals surface area contributed by atoms with Gasteiger partial charge >= 0.3 is 5.76 Å². The van der Waals surface area contributed by atoms with E-state index in [2.05, 4.69) is 22.1 Å². The van der Waals surface area contributed by atoms with Crippen LogP contribution in [0.5, 0.6) is 0 Å². The summed E-state index contributed by atoms with van der Waals surface area (Å²) in [5.74, 6) is -3.42. The molecule has 0 spiro atoms. The van der Waals surface area contributed by atoms with Crippen LogP contribution < -0.4 is 5.32 Å². The first-order valence-corrected chi connectivity index (χ1v) is 9.09. The molecule has 0 aliphatic carbocycles. The van der Waals surface area contributed by atoms with E-state index in [1.54, 1.807) is 6.08 Å². The van der Waals surface area contributed by atoms with Crippen LogP contribution in [0.4, 0.5) is 13.9 Å². The van der Waals surface area contributed by atoms with Crippen molar-refractivity contribution < 1.29 is 17.2 Å². The molecule has 0 atom stereocenters. The smallest absolute Gasteiger partial charge is 0.341 e. The highest BCUT2D eigenvalue weighted by molar-refractivity contribution is 8.01. The van der Waals surface area contributed by atoms with Crippen molar-refractivity contribution in [3.05, 3.63) is 36.9 Å². The third kappa shape index (κ3) is 4.02. The molecular formula is C12H11F2N3O2S3. The molecule has 0 fully saturated rings. The Morgan fingerprint density at radius 3 is 2.59 bits per heavy atom. The molecule has 1 aromatic carbocycles. The van der Waals surface area contributed by atoms with Gasteiger partial charge in [0.2, 0.25) is 15.0 Å². The Labute approximate surface area is 134 Å². The summed E-state index contributed by atoms with van der Waals surface area (Å²) in [4.78, 5) is 0.275. The molecular weight excluding hydrogens is 352 g/mol. The molecule has 5 nitrogen and oxygen atoms in total. The van der Waals surface area contributed by atoms with Crippen LogP contribution in [-0.2, 0) is 9.84 Å². The number of alkyl halides is 2. The maximum atomic E-state index is 12.4. The first-order valence-electron chi connectivity index (χ1n) is 5.91. The van der Waals surface area contributed by atoms with Crippen LogP contribution in [0.3, 0.4) is 0 Å². The zero-order valence-electron chi connectivity index (χ0n) is 11.1. The van der Waals surface area contributed by atoms with Crippen molar-refractivity contribution >= 4 is 38.1 Å². The lowest BCUT2D eigenvalue weighted by Gasteiger charge is -2.03. The third-order valence-electron chi connectivity index (χ3n) is 2.40. The van der Waals surface area contributed by atoms with Crippen LogP contribution in [-0.4, -0.2) is 30.9 Å². The van der Waals surface area contributed by atoms with Crippen molar-refractivity contribution in [3.8, 4) is 0 Å². The Kier molecular flexibility index (Phi) is 5.48. The quantitative estimate of drug-likeness (QED) is 0.761. The van der Waals surface area contributed by atoms with Gasteiger partial charge in [-0.2, -0.15) is 8.78 Å². The molecule has 0 bridgehead atoms. The SMILES string of the molecule is C=CCNc1nnc(Sc2ccc(S(=O)(=O)C(F)F)cc2)s1. The van der Waals surface area contributed by atoms with Gasteiger partial charge in [-0.3, -0.25) is 0 Å². The fraction of sp³-hybridized carbons (Fsp3) is 0.167. The number of hydrogen-bond donors (Lipinski definition) is 1. The molecule has 0 unspecified atom stereocenters. The molecule has 1 heterocycles. The average Bonchev–Trinajstić information content (AvgIpc) is 2.93. The van der Waals surface area contributed by atoms with Gasteiger partial charge in [-0.15, -0.1) is 16.8 Å². The topological polar surface area (TPSA) is 72.0 Å². The van der Waals surface area contributed by atoms with Crippen LogP contribution >= 0.6 is 23.1 Å². The largest absolute Gasteiger partial charge is 0.357 e. The molecule has 0 aliphatic heterocycles. The number of benzene rings is 1. The molecule has 0 saturated carbocycles. The summed E-state index contributed by atoms with van der Waals surface area (Å²) in [5.41, 5.74) is 0. The van der Waals surface area contributed by atoms with Crippen molar-refractivity contribution in [2.45, 2.75) is 19.9 Å². The summed E-state index contributed by atoms with van der Waals surface area (Å²) in [7, 11) is -4.56. The van der Waals surface area contributed by atoms with Gasteiger partial charge in [0.15, 0.2) is 4.34 Å². The molecule has 0 aliphatic rings. The number of rotatable bonds is 7. The number of sulfone groups is 1. The maximum Gasteiger partial charge on any atom is 0.341 e. The highest BCUT2D eigenvalue weighted by Gasteiger charge is 2.26. The predicted molar refractivity (Wildman–Crippen MR) is 82.4 cm³/mol. The summed E-state index contributed by atoms with van der Waals surface area (Å²) in [6.07, 6.45) is 1.69. The normalized spacial score (nSPS) is 11.6. The first kappa shape index (κ1) is 16.8. The minimum absolute atomic E-state index is 0.405. The lowest BCUT2D eigenvalue weighted by molar-refractivity contribution is 0.234. The molecule has 1 N–H and O–H groups in total. The van der Waals surface area contributed by atoms with Crippen LogP contribution in [0, 0.1) is 0 Å². The Hall–Kier alpha value is -1.52. The van der Waals surface area contributed by atoms with Gasteiger partial charge in [-0.1, -0.05) is 29.2 Å². The number of halogens is 2. The fourth-order valence-corrected chi connectivity index (χ4v) is 3.84. The standard InChI is InChI=1S/C12H11F2N3O2S3/c1-2-7-15-11-16-17-12(21-11)20-8-3-5-9(6-4-8)22(18,19)10(13)14/h2-6,10H,1,7H2,(H,15,16). The summed E-state index contributed by atoms with van der Waals surface area (Å²) < 4.78 is 48.1. The lowest BCUT2D eigenvalue weighted by Crippen LogP contribution is -2.10. The number of nitrogens with one attached hydrogen (secondary N) is 1. The van der Waals surface area contributed by atoms with E-state index in [0.29, 0.717) is 20.9 Å². The fourth-order valence-electron chi connectivity index (χ4n) is 1.38. The number of nitrogens with zero attached hydrogens (tertiary/aromatic N) is 2. The Morgan fingerprint density at radius 1 is 1.32 bits per heavy atom. The van der Waals surface area contributed by atoms with Crippen LogP contribution in [0.25, 0.3) is 0 Å². The van der Waals surface area contributed by atoms with Gasteiger partial charge < -0.3 is 5.32 Å². The van der Waals surface area contributed by atoms with E-state index in [0.717, 1.165) is 12.1 Å². The second-order valence-corrected chi connectivity index (χ2v) is 8.14.